The molecule has 4 heterocycles. The highest BCUT2D eigenvalue weighted by Gasteiger charge is 2.26. The van der Waals surface area contributed by atoms with Gasteiger partial charge < -0.3 is 19.5 Å². The van der Waals surface area contributed by atoms with Gasteiger partial charge in [0, 0.05) is 25.2 Å². The lowest BCUT2D eigenvalue weighted by Crippen LogP contribution is -2.18. The van der Waals surface area contributed by atoms with Gasteiger partial charge in [0.2, 0.25) is 0 Å². The van der Waals surface area contributed by atoms with E-state index in [9.17, 15) is 0 Å². The number of benzene rings is 1. The van der Waals surface area contributed by atoms with Crippen molar-refractivity contribution < 1.29 is 13.7 Å². The minimum absolute atomic E-state index is 0.282. The highest BCUT2D eigenvalue weighted by atomic mass is 19.1. The Labute approximate surface area is 202 Å². The summed E-state index contributed by atoms with van der Waals surface area (Å²) in [6.45, 7) is 6.39. The zero-order chi connectivity index (χ0) is 24.5. The van der Waals surface area contributed by atoms with Crippen LogP contribution in [0.4, 0.5) is 10.2 Å². The molecule has 0 radical (unpaired) electrons. The van der Waals surface area contributed by atoms with E-state index in [4.69, 9.17) is 19.2 Å². The van der Waals surface area contributed by atoms with Gasteiger partial charge in [-0.25, -0.2) is 14.4 Å². The highest BCUT2D eigenvalue weighted by molar-refractivity contribution is 5.71. The number of aryl methyl sites for hydroxylation is 3. The molecular weight excluding hydrogens is 449 g/mol. The fourth-order valence-electron chi connectivity index (χ4n) is 4.35. The number of hydrogen-bond donors (Lipinski definition) is 1. The molecule has 35 heavy (non-hydrogen) atoms. The number of ether oxygens (including phenoxy) is 1. The Morgan fingerprint density at radius 1 is 1.17 bits per heavy atom. The lowest BCUT2D eigenvalue weighted by Gasteiger charge is -2.19. The number of hydrogen-bond acceptors (Lipinski definition) is 8. The molecule has 1 aromatic carbocycles. The van der Waals surface area contributed by atoms with Crippen molar-refractivity contribution in [2.24, 2.45) is 7.05 Å². The summed E-state index contributed by atoms with van der Waals surface area (Å²) in [5, 5.41) is 11.5. The molecule has 0 fully saturated rings. The normalized spacial score (nSPS) is 12.9. The molecule has 10 heteroatoms. The van der Waals surface area contributed by atoms with Crippen LogP contribution in [0.2, 0.25) is 0 Å². The Hall–Kier alpha value is -3.79. The Bertz CT molecular complexity index is 1340. The van der Waals surface area contributed by atoms with E-state index >= 15 is 4.39 Å². The van der Waals surface area contributed by atoms with Gasteiger partial charge in [0.05, 0.1) is 47.6 Å². The SMILES string of the molecule is CNCCCOc1ccc(F)c(-c2nc(-c3c(C)noc3C)cc(N3Cc4cnn(C)c4C3)n2)c1. The van der Waals surface area contributed by atoms with Crippen LogP contribution in [0, 0.1) is 19.7 Å². The fourth-order valence-corrected chi connectivity index (χ4v) is 4.35. The number of nitrogens with zero attached hydrogens (tertiary/aromatic N) is 6. The van der Waals surface area contributed by atoms with E-state index in [2.05, 4.69) is 20.5 Å². The third-order valence-corrected chi connectivity index (χ3v) is 6.19. The van der Waals surface area contributed by atoms with Crippen LogP contribution in [0.25, 0.3) is 22.6 Å². The van der Waals surface area contributed by atoms with Gasteiger partial charge in [-0.15, -0.1) is 0 Å². The smallest absolute Gasteiger partial charge is 0.165 e. The standard InChI is InChI=1S/C25H28FN7O2/c1-15-24(16(2)35-31-15)21-11-23(33-13-17-12-28-32(4)22(17)14-33)30-25(29-21)19-10-18(6-7-20(19)26)34-9-5-8-27-3/h6-7,10-12,27H,5,8-9,13-14H2,1-4H3. The second kappa shape index (κ2) is 9.46. The minimum Gasteiger partial charge on any atom is -0.494 e. The number of rotatable bonds is 8. The molecule has 182 valence electrons. The zero-order valence-electron chi connectivity index (χ0n) is 20.3. The molecule has 0 saturated carbocycles. The summed E-state index contributed by atoms with van der Waals surface area (Å²) in [6.07, 6.45) is 2.72. The summed E-state index contributed by atoms with van der Waals surface area (Å²) in [5.41, 5.74) is 4.70. The number of aromatic nitrogens is 5. The molecule has 0 spiro atoms. The summed E-state index contributed by atoms with van der Waals surface area (Å²) < 4.78 is 28.2. The zero-order valence-corrected chi connectivity index (χ0v) is 20.3. The third-order valence-electron chi connectivity index (χ3n) is 6.19. The predicted molar refractivity (Wildman–Crippen MR) is 130 cm³/mol. The largest absolute Gasteiger partial charge is 0.494 e. The van der Waals surface area contributed by atoms with Crippen LogP contribution >= 0.6 is 0 Å². The van der Waals surface area contributed by atoms with Gasteiger partial charge in [-0.05, 0) is 52.1 Å². The first kappa shape index (κ1) is 23.0. The van der Waals surface area contributed by atoms with Crippen LogP contribution in [-0.2, 0) is 20.1 Å². The molecule has 1 aliphatic heterocycles. The fraction of sp³-hybridized carbons (Fsp3) is 0.360. The van der Waals surface area contributed by atoms with Crippen molar-refractivity contribution in [3.05, 3.63) is 59.0 Å². The van der Waals surface area contributed by atoms with E-state index in [1.165, 1.54) is 6.07 Å². The Morgan fingerprint density at radius 2 is 2.03 bits per heavy atom. The highest BCUT2D eigenvalue weighted by Crippen LogP contribution is 2.34. The van der Waals surface area contributed by atoms with Gasteiger partial charge >= 0.3 is 0 Å². The average Bonchev–Trinajstić information content (AvgIpc) is 3.53. The summed E-state index contributed by atoms with van der Waals surface area (Å²) in [4.78, 5) is 11.7. The molecule has 5 rings (SSSR count). The van der Waals surface area contributed by atoms with Crippen molar-refractivity contribution in [2.75, 3.05) is 25.1 Å². The Balaban J connectivity index is 1.56. The molecular formula is C25H28FN7O2. The average molecular weight is 478 g/mol. The van der Waals surface area contributed by atoms with Gasteiger partial charge in [0.1, 0.15) is 23.1 Å². The molecule has 0 saturated heterocycles. The molecule has 4 aromatic rings. The third kappa shape index (κ3) is 4.49. The minimum atomic E-state index is -0.414. The van der Waals surface area contributed by atoms with Crippen LogP contribution in [0.15, 0.2) is 35.0 Å². The van der Waals surface area contributed by atoms with Gasteiger partial charge in [0.15, 0.2) is 5.82 Å². The molecule has 9 nitrogen and oxygen atoms in total. The van der Waals surface area contributed by atoms with Gasteiger partial charge in [-0.3, -0.25) is 4.68 Å². The van der Waals surface area contributed by atoms with Crippen LogP contribution in [0.3, 0.4) is 0 Å². The summed E-state index contributed by atoms with van der Waals surface area (Å²) in [6, 6.07) is 6.59. The molecule has 1 N–H and O–H groups in total. The van der Waals surface area contributed by atoms with Crippen molar-refractivity contribution in [3.63, 3.8) is 0 Å². The van der Waals surface area contributed by atoms with E-state index in [1.807, 2.05) is 44.9 Å². The monoisotopic (exact) mass is 477 g/mol. The number of nitrogens with one attached hydrogen (secondary N) is 1. The lowest BCUT2D eigenvalue weighted by atomic mass is 10.1. The molecule has 0 amide bonds. The lowest BCUT2D eigenvalue weighted by molar-refractivity contribution is 0.309. The number of halogens is 1. The molecule has 1 aliphatic rings. The molecule has 0 bridgehead atoms. The van der Waals surface area contributed by atoms with Crippen LogP contribution in [0.1, 0.15) is 29.1 Å². The predicted octanol–water partition coefficient (Wildman–Crippen LogP) is 3.80. The maximum atomic E-state index is 15.1. The number of fused-ring (bicyclic) bond motifs is 1. The quantitative estimate of drug-likeness (QED) is 0.383. The van der Waals surface area contributed by atoms with E-state index in [1.54, 1.807) is 12.1 Å². The van der Waals surface area contributed by atoms with Crippen molar-refractivity contribution >= 4 is 5.82 Å². The first-order valence-electron chi connectivity index (χ1n) is 11.6. The van der Waals surface area contributed by atoms with Crippen molar-refractivity contribution in [3.8, 4) is 28.4 Å². The summed E-state index contributed by atoms with van der Waals surface area (Å²) >= 11 is 0. The van der Waals surface area contributed by atoms with Crippen LogP contribution < -0.4 is 15.0 Å². The second-order valence-corrected chi connectivity index (χ2v) is 8.68. The number of anilines is 1. The van der Waals surface area contributed by atoms with Crippen LogP contribution in [0.5, 0.6) is 5.75 Å². The molecule has 0 atom stereocenters. The Kier molecular flexibility index (Phi) is 6.21. The first-order valence-corrected chi connectivity index (χ1v) is 11.6. The first-order chi connectivity index (χ1) is 16.9. The maximum Gasteiger partial charge on any atom is 0.165 e. The topological polar surface area (TPSA) is 94.1 Å². The van der Waals surface area contributed by atoms with E-state index in [0.717, 1.165) is 29.8 Å². The van der Waals surface area contributed by atoms with E-state index in [-0.39, 0.29) is 11.4 Å². The van der Waals surface area contributed by atoms with Gasteiger partial charge in [-0.1, -0.05) is 5.16 Å². The molecule has 0 unspecified atom stereocenters. The summed E-state index contributed by atoms with van der Waals surface area (Å²) in [7, 11) is 3.83. The molecule has 3 aromatic heterocycles. The maximum absolute atomic E-state index is 15.1. The van der Waals surface area contributed by atoms with Gasteiger partial charge in [0.25, 0.3) is 0 Å². The molecule has 0 aliphatic carbocycles. The van der Waals surface area contributed by atoms with E-state index in [0.29, 0.717) is 48.4 Å². The Morgan fingerprint density at radius 3 is 2.77 bits per heavy atom. The second-order valence-electron chi connectivity index (χ2n) is 8.68. The van der Waals surface area contributed by atoms with Crippen molar-refractivity contribution in [1.82, 2.24) is 30.2 Å². The van der Waals surface area contributed by atoms with Crippen molar-refractivity contribution in [2.45, 2.75) is 33.4 Å². The van der Waals surface area contributed by atoms with E-state index < -0.39 is 5.82 Å². The summed E-state index contributed by atoms with van der Waals surface area (Å²) in [5.74, 6) is 1.79. The van der Waals surface area contributed by atoms with Gasteiger partial charge in [-0.2, -0.15) is 5.10 Å². The van der Waals surface area contributed by atoms with Crippen molar-refractivity contribution in [1.29, 1.82) is 0 Å². The van der Waals surface area contributed by atoms with Crippen LogP contribution in [-0.4, -0.2) is 45.1 Å².